The first kappa shape index (κ1) is 18.8. The molecule has 0 saturated carbocycles. The van der Waals surface area contributed by atoms with Crippen LogP contribution in [0.5, 0.6) is 0 Å². The number of benzene rings is 3. The second-order valence-electron chi connectivity index (χ2n) is 6.74. The Morgan fingerprint density at radius 1 is 0.793 bits per heavy atom. The number of fused-ring (bicyclic) bond motifs is 1. The zero-order valence-corrected chi connectivity index (χ0v) is 16.8. The molecule has 0 aliphatic heterocycles. The summed E-state index contributed by atoms with van der Waals surface area (Å²) >= 11 is 1.37. The van der Waals surface area contributed by atoms with Gasteiger partial charge in [0.1, 0.15) is 0 Å². The topological polar surface area (TPSA) is 71.1 Å². The van der Waals surface area contributed by atoms with Gasteiger partial charge in [0.15, 0.2) is 5.13 Å². The van der Waals surface area contributed by atoms with Crippen molar-refractivity contribution in [2.75, 3.05) is 10.6 Å². The van der Waals surface area contributed by atoms with E-state index in [1.807, 2.05) is 68.4 Å². The van der Waals surface area contributed by atoms with Crippen molar-refractivity contribution >= 4 is 44.2 Å². The highest BCUT2D eigenvalue weighted by Crippen LogP contribution is 2.29. The van der Waals surface area contributed by atoms with Gasteiger partial charge >= 0.3 is 0 Å². The number of nitrogens with one attached hydrogen (secondary N) is 2. The van der Waals surface area contributed by atoms with E-state index in [1.165, 1.54) is 11.3 Å². The number of anilines is 2. The van der Waals surface area contributed by atoms with Gasteiger partial charge in [0.05, 0.1) is 10.2 Å². The molecule has 0 fully saturated rings. The van der Waals surface area contributed by atoms with E-state index in [-0.39, 0.29) is 11.8 Å². The molecule has 3 aromatic carbocycles. The summed E-state index contributed by atoms with van der Waals surface area (Å²) in [6.07, 6.45) is 0. The lowest BCUT2D eigenvalue weighted by Gasteiger charge is -2.07. The molecule has 6 heteroatoms. The molecule has 1 aromatic heterocycles. The Labute approximate surface area is 172 Å². The van der Waals surface area contributed by atoms with E-state index in [0.29, 0.717) is 21.9 Å². The molecule has 5 nitrogen and oxygen atoms in total. The maximum atomic E-state index is 12.5. The minimum Gasteiger partial charge on any atom is -0.322 e. The molecule has 0 atom stereocenters. The van der Waals surface area contributed by atoms with Crippen LogP contribution in [0.4, 0.5) is 10.8 Å². The summed E-state index contributed by atoms with van der Waals surface area (Å²) in [4.78, 5) is 29.5. The van der Waals surface area contributed by atoms with Crippen LogP contribution in [-0.2, 0) is 0 Å². The van der Waals surface area contributed by atoms with E-state index in [9.17, 15) is 9.59 Å². The van der Waals surface area contributed by atoms with Gasteiger partial charge in [-0.05, 0) is 55.3 Å². The van der Waals surface area contributed by atoms with Crippen LogP contribution in [0.25, 0.3) is 10.2 Å². The second-order valence-corrected chi connectivity index (χ2v) is 7.77. The molecule has 0 spiro atoms. The van der Waals surface area contributed by atoms with Gasteiger partial charge in [0, 0.05) is 16.8 Å². The highest BCUT2D eigenvalue weighted by atomic mass is 32.1. The molecule has 4 aromatic rings. The van der Waals surface area contributed by atoms with Gasteiger partial charge in [-0.15, -0.1) is 0 Å². The lowest BCUT2D eigenvalue weighted by molar-refractivity contribution is 0.101. The standard InChI is InChI=1S/C23H19N3O2S/c1-14-7-3-5-9-17(14)21(27)24-16-11-12-19-20(13-16)29-23(25-19)26-22(28)18-10-6-4-8-15(18)2/h3-13H,1-2H3,(H,24,27)(H,25,26,28). The maximum Gasteiger partial charge on any atom is 0.257 e. The van der Waals surface area contributed by atoms with Gasteiger partial charge in [0.2, 0.25) is 0 Å². The number of carbonyl (C=O) groups is 2. The molecule has 0 saturated heterocycles. The summed E-state index contributed by atoms with van der Waals surface area (Å²) in [7, 11) is 0. The van der Waals surface area contributed by atoms with Crippen molar-refractivity contribution in [3.8, 4) is 0 Å². The highest BCUT2D eigenvalue weighted by Gasteiger charge is 2.13. The second kappa shape index (κ2) is 7.85. The third-order valence-electron chi connectivity index (χ3n) is 4.65. The summed E-state index contributed by atoms with van der Waals surface area (Å²) in [6, 6.07) is 20.4. The molecular weight excluding hydrogens is 382 g/mol. The van der Waals surface area contributed by atoms with E-state index in [2.05, 4.69) is 15.6 Å². The van der Waals surface area contributed by atoms with Crippen molar-refractivity contribution in [3.63, 3.8) is 0 Å². The van der Waals surface area contributed by atoms with Crippen molar-refractivity contribution in [3.05, 3.63) is 89.0 Å². The third-order valence-corrected chi connectivity index (χ3v) is 5.58. The van der Waals surface area contributed by atoms with Crippen LogP contribution in [0.15, 0.2) is 66.7 Å². The lowest BCUT2D eigenvalue weighted by Crippen LogP contribution is -2.13. The van der Waals surface area contributed by atoms with Crippen molar-refractivity contribution in [1.82, 2.24) is 4.98 Å². The summed E-state index contributed by atoms with van der Waals surface area (Å²) in [5, 5.41) is 6.31. The molecule has 0 radical (unpaired) electrons. The van der Waals surface area contributed by atoms with Crippen LogP contribution in [0, 0.1) is 13.8 Å². The minimum atomic E-state index is -0.185. The van der Waals surface area contributed by atoms with E-state index < -0.39 is 0 Å². The Bertz CT molecular complexity index is 1170. The first-order valence-corrected chi connectivity index (χ1v) is 9.97. The number of amides is 2. The van der Waals surface area contributed by atoms with Crippen molar-refractivity contribution in [2.24, 2.45) is 0 Å². The van der Waals surface area contributed by atoms with Gasteiger partial charge in [0.25, 0.3) is 11.8 Å². The maximum absolute atomic E-state index is 12.5. The normalized spacial score (nSPS) is 10.7. The SMILES string of the molecule is Cc1ccccc1C(=O)Nc1ccc2nc(NC(=O)c3ccccc3C)sc2c1. The average Bonchev–Trinajstić information content (AvgIpc) is 3.10. The van der Waals surface area contributed by atoms with Gasteiger partial charge in [-0.25, -0.2) is 4.98 Å². The number of thiazole rings is 1. The fraction of sp³-hybridized carbons (Fsp3) is 0.0870. The van der Waals surface area contributed by atoms with E-state index in [4.69, 9.17) is 0 Å². The number of aryl methyl sites for hydroxylation is 2. The molecule has 0 aliphatic carbocycles. The molecule has 4 rings (SSSR count). The molecular formula is C23H19N3O2S. The largest absolute Gasteiger partial charge is 0.322 e. The van der Waals surface area contributed by atoms with Crippen molar-refractivity contribution in [2.45, 2.75) is 13.8 Å². The van der Waals surface area contributed by atoms with Gasteiger partial charge in [-0.2, -0.15) is 0 Å². The molecule has 0 unspecified atom stereocenters. The zero-order valence-electron chi connectivity index (χ0n) is 16.0. The number of hydrogen-bond acceptors (Lipinski definition) is 4. The van der Waals surface area contributed by atoms with Gasteiger partial charge in [-0.3, -0.25) is 14.9 Å². The smallest absolute Gasteiger partial charge is 0.257 e. The van der Waals surface area contributed by atoms with E-state index in [0.717, 1.165) is 21.3 Å². The third kappa shape index (κ3) is 4.02. The van der Waals surface area contributed by atoms with Crippen LogP contribution in [0.2, 0.25) is 0 Å². The first-order valence-electron chi connectivity index (χ1n) is 9.16. The lowest BCUT2D eigenvalue weighted by atomic mass is 10.1. The summed E-state index contributed by atoms with van der Waals surface area (Å²) in [6.45, 7) is 3.81. The molecule has 0 bridgehead atoms. The predicted octanol–water partition coefficient (Wildman–Crippen LogP) is 5.42. The van der Waals surface area contributed by atoms with Crippen LogP contribution in [-0.4, -0.2) is 16.8 Å². The van der Waals surface area contributed by atoms with Crippen molar-refractivity contribution in [1.29, 1.82) is 0 Å². The Morgan fingerprint density at radius 2 is 1.38 bits per heavy atom. The number of hydrogen-bond donors (Lipinski definition) is 2. The van der Waals surface area contributed by atoms with Crippen molar-refractivity contribution < 1.29 is 9.59 Å². The van der Waals surface area contributed by atoms with Crippen LogP contribution in [0.3, 0.4) is 0 Å². The average molecular weight is 401 g/mol. The van der Waals surface area contributed by atoms with E-state index in [1.54, 1.807) is 12.1 Å². The zero-order chi connectivity index (χ0) is 20.4. The quantitative estimate of drug-likeness (QED) is 0.480. The first-order chi connectivity index (χ1) is 14.0. The number of carbonyl (C=O) groups excluding carboxylic acids is 2. The molecule has 29 heavy (non-hydrogen) atoms. The Balaban J connectivity index is 1.53. The summed E-state index contributed by atoms with van der Waals surface area (Å²) < 4.78 is 0.882. The molecule has 2 N–H and O–H groups in total. The molecule has 1 heterocycles. The molecule has 0 aliphatic rings. The summed E-state index contributed by atoms with van der Waals surface area (Å²) in [5.74, 6) is -0.338. The minimum absolute atomic E-state index is 0.153. The Morgan fingerprint density at radius 3 is 2.00 bits per heavy atom. The fourth-order valence-electron chi connectivity index (χ4n) is 3.07. The van der Waals surface area contributed by atoms with Gasteiger partial charge in [-0.1, -0.05) is 47.7 Å². The number of nitrogens with zero attached hydrogens (tertiary/aromatic N) is 1. The monoisotopic (exact) mass is 401 g/mol. The highest BCUT2D eigenvalue weighted by molar-refractivity contribution is 7.22. The van der Waals surface area contributed by atoms with E-state index >= 15 is 0 Å². The fourth-order valence-corrected chi connectivity index (χ4v) is 3.97. The number of aromatic nitrogens is 1. The summed E-state index contributed by atoms with van der Waals surface area (Å²) in [5.41, 5.74) is 4.55. The van der Waals surface area contributed by atoms with Crippen LogP contribution in [0.1, 0.15) is 31.8 Å². The molecule has 2 amide bonds. The van der Waals surface area contributed by atoms with Crippen LogP contribution < -0.4 is 10.6 Å². The predicted molar refractivity (Wildman–Crippen MR) is 118 cm³/mol. The number of rotatable bonds is 4. The van der Waals surface area contributed by atoms with Gasteiger partial charge < -0.3 is 5.32 Å². The Hall–Kier alpha value is -3.51. The Kier molecular flexibility index (Phi) is 5.10. The molecule has 144 valence electrons. The van der Waals surface area contributed by atoms with Crippen LogP contribution >= 0.6 is 11.3 Å².